The second-order valence-corrected chi connectivity index (χ2v) is 8.69. The summed E-state index contributed by atoms with van der Waals surface area (Å²) in [4.78, 5) is 12.3. The summed E-state index contributed by atoms with van der Waals surface area (Å²) in [6, 6.07) is 17.1. The number of hydrogen-bond donors (Lipinski definition) is 1. The number of esters is 1. The third-order valence-electron chi connectivity index (χ3n) is 5.19. The van der Waals surface area contributed by atoms with Crippen LogP contribution in [0, 0.1) is 18.3 Å². The van der Waals surface area contributed by atoms with Gasteiger partial charge in [0.1, 0.15) is 28.9 Å². The highest BCUT2D eigenvalue weighted by molar-refractivity contribution is 6.42. The van der Waals surface area contributed by atoms with Gasteiger partial charge in [0, 0.05) is 16.7 Å². The van der Waals surface area contributed by atoms with Crippen molar-refractivity contribution in [2.24, 2.45) is 5.73 Å². The molecule has 0 saturated carbocycles. The van der Waals surface area contributed by atoms with Gasteiger partial charge in [-0.3, -0.25) is 0 Å². The minimum Gasteiger partial charge on any atom is -0.482 e. The van der Waals surface area contributed by atoms with Gasteiger partial charge in [-0.1, -0.05) is 46.9 Å². The van der Waals surface area contributed by atoms with Crippen molar-refractivity contribution in [1.82, 2.24) is 0 Å². The van der Waals surface area contributed by atoms with E-state index in [1.54, 1.807) is 48.5 Å². The zero-order valence-corrected chi connectivity index (χ0v) is 20.0. The quantitative estimate of drug-likeness (QED) is 0.323. The van der Waals surface area contributed by atoms with Gasteiger partial charge in [0.15, 0.2) is 6.61 Å². The molecule has 1 heterocycles. The molecule has 0 aliphatic carbocycles. The van der Waals surface area contributed by atoms with Crippen LogP contribution in [-0.2, 0) is 4.79 Å². The Morgan fingerprint density at radius 1 is 1.03 bits per heavy atom. The number of ether oxygens (including phenoxy) is 3. The zero-order valence-electron chi connectivity index (χ0n) is 17.8. The van der Waals surface area contributed by atoms with Gasteiger partial charge in [-0.15, -0.1) is 0 Å². The Morgan fingerprint density at radius 2 is 1.76 bits per heavy atom. The minimum absolute atomic E-state index is 0.0454. The highest BCUT2D eigenvalue weighted by atomic mass is 35.5. The number of allylic oxidation sites excluding steroid dienone is 1. The summed E-state index contributed by atoms with van der Waals surface area (Å²) >= 11 is 18.2. The summed E-state index contributed by atoms with van der Waals surface area (Å²) in [5, 5.41) is 11.0. The van der Waals surface area contributed by atoms with Gasteiger partial charge in [-0.25, -0.2) is 4.79 Å². The fraction of sp³-hybridized carbons (Fsp3) is 0.120. The lowest BCUT2D eigenvalue weighted by molar-refractivity contribution is -0.136. The first-order valence-corrected chi connectivity index (χ1v) is 11.2. The van der Waals surface area contributed by atoms with E-state index in [1.165, 1.54) is 6.07 Å². The van der Waals surface area contributed by atoms with Crippen molar-refractivity contribution in [2.45, 2.75) is 12.8 Å². The zero-order chi connectivity index (χ0) is 24.4. The monoisotopic (exact) mass is 514 g/mol. The number of rotatable bonds is 5. The predicted octanol–water partition coefficient (Wildman–Crippen LogP) is 6.16. The average molecular weight is 516 g/mol. The van der Waals surface area contributed by atoms with Crippen LogP contribution in [0.25, 0.3) is 0 Å². The third-order valence-corrected chi connectivity index (χ3v) is 6.35. The van der Waals surface area contributed by atoms with Gasteiger partial charge in [-0.2, -0.15) is 5.26 Å². The van der Waals surface area contributed by atoms with E-state index < -0.39 is 11.9 Å². The minimum atomic E-state index is -0.606. The Morgan fingerprint density at radius 3 is 2.47 bits per heavy atom. The Kier molecular flexibility index (Phi) is 6.90. The smallest absolute Gasteiger partial charge is 0.349 e. The van der Waals surface area contributed by atoms with E-state index in [9.17, 15) is 10.1 Å². The van der Waals surface area contributed by atoms with Crippen LogP contribution in [0.1, 0.15) is 22.6 Å². The van der Waals surface area contributed by atoms with Crippen LogP contribution in [0.15, 0.2) is 66.1 Å². The molecule has 3 aromatic rings. The molecule has 0 fully saturated rings. The molecule has 6 nitrogen and oxygen atoms in total. The molecule has 0 spiro atoms. The molecule has 1 unspecified atom stereocenters. The molecule has 1 atom stereocenters. The second-order valence-electron chi connectivity index (χ2n) is 7.47. The number of nitrogens with zero attached hydrogens (tertiary/aromatic N) is 1. The van der Waals surface area contributed by atoms with E-state index in [0.29, 0.717) is 32.1 Å². The largest absolute Gasteiger partial charge is 0.482 e. The predicted molar refractivity (Wildman–Crippen MR) is 130 cm³/mol. The molecule has 2 N–H and O–H groups in total. The average Bonchev–Trinajstić information content (AvgIpc) is 2.80. The van der Waals surface area contributed by atoms with Gasteiger partial charge in [0.05, 0.1) is 16.0 Å². The molecular weight excluding hydrogens is 499 g/mol. The Hall–Kier alpha value is -3.37. The van der Waals surface area contributed by atoms with Crippen LogP contribution in [0.2, 0.25) is 15.1 Å². The van der Waals surface area contributed by atoms with E-state index in [0.717, 1.165) is 11.1 Å². The molecule has 0 aromatic heterocycles. The molecule has 1 aliphatic rings. The number of halogens is 3. The maximum Gasteiger partial charge on any atom is 0.349 e. The first kappa shape index (κ1) is 23.8. The van der Waals surface area contributed by atoms with E-state index in [-0.39, 0.29) is 23.8 Å². The van der Waals surface area contributed by atoms with Gasteiger partial charge in [0.25, 0.3) is 0 Å². The van der Waals surface area contributed by atoms with Crippen LogP contribution >= 0.6 is 34.8 Å². The molecular formula is C25H17Cl3N2O4. The molecule has 0 bridgehead atoms. The topological polar surface area (TPSA) is 94.6 Å². The Bertz CT molecular complexity index is 1360. The first-order valence-electron chi connectivity index (χ1n) is 10.0. The van der Waals surface area contributed by atoms with Crippen LogP contribution in [0.4, 0.5) is 0 Å². The van der Waals surface area contributed by atoms with Crippen LogP contribution in [-0.4, -0.2) is 12.6 Å². The molecule has 172 valence electrons. The van der Waals surface area contributed by atoms with Gasteiger partial charge < -0.3 is 19.9 Å². The van der Waals surface area contributed by atoms with Crippen molar-refractivity contribution in [3.05, 3.63) is 97.8 Å². The van der Waals surface area contributed by atoms with E-state index in [4.69, 9.17) is 54.7 Å². The SMILES string of the molecule is Cc1cc(OCC(=O)Oc2ccc3c(c2)OC(N)=C(C#N)C3c2ccc(Cl)c(Cl)c2)ccc1Cl. The lowest BCUT2D eigenvalue weighted by Crippen LogP contribution is -2.21. The van der Waals surface area contributed by atoms with E-state index >= 15 is 0 Å². The van der Waals surface area contributed by atoms with Crippen LogP contribution < -0.4 is 19.9 Å². The summed E-state index contributed by atoms with van der Waals surface area (Å²) in [7, 11) is 0. The number of nitriles is 1. The number of carbonyl (C=O) groups is 1. The lowest BCUT2D eigenvalue weighted by atomic mass is 9.83. The molecule has 0 saturated heterocycles. The first-order chi connectivity index (χ1) is 16.3. The highest BCUT2D eigenvalue weighted by Crippen LogP contribution is 2.44. The van der Waals surface area contributed by atoms with Crippen molar-refractivity contribution >= 4 is 40.8 Å². The molecule has 9 heteroatoms. The van der Waals surface area contributed by atoms with E-state index in [2.05, 4.69) is 6.07 Å². The third kappa shape index (κ3) is 4.92. The molecule has 3 aromatic carbocycles. The second kappa shape index (κ2) is 9.86. The number of benzene rings is 3. The lowest BCUT2D eigenvalue weighted by Gasteiger charge is -2.27. The summed E-state index contributed by atoms with van der Waals surface area (Å²) in [6.07, 6.45) is 0. The summed E-state index contributed by atoms with van der Waals surface area (Å²) in [5.41, 5.74) is 8.48. The maximum absolute atomic E-state index is 12.3. The molecule has 0 amide bonds. The Labute approximate surface area is 211 Å². The number of hydrogen-bond acceptors (Lipinski definition) is 6. The number of aryl methyl sites for hydroxylation is 1. The molecule has 1 aliphatic heterocycles. The fourth-order valence-electron chi connectivity index (χ4n) is 3.54. The number of fused-ring (bicyclic) bond motifs is 1. The summed E-state index contributed by atoms with van der Waals surface area (Å²) < 4.78 is 16.5. The molecule has 34 heavy (non-hydrogen) atoms. The number of nitrogens with two attached hydrogens (primary N) is 1. The standard InChI is InChI=1S/C25H17Cl3N2O4/c1-13-8-15(4-7-19(13)26)32-12-23(31)33-16-3-5-17-22(10-16)34-25(30)18(11-29)24(17)14-2-6-20(27)21(28)9-14/h2-10,24H,12,30H2,1H3. The fourth-order valence-corrected chi connectivity index (χ4v) is 3.97. The summed E-state index contributed by atoms with van der Waals surface area (Å²) in [5.74, 6) is -0.0850. The molecule has 4 rings (SSSR count). The van der Waals surface area contributed by atoms with Crippen molar-refractivity contribution in [3.8, 4) is 23.3 Å². The normalized spacial score (nSPS) is 14.6. The van der Waals surface area contributed by atoms with Crippen molar-refractivity contribution in [3.63, 3.8) is 0 Å². The van der Waals surface area contributed by atoms with Gasteiger partial charge >= 0.3 is 5.97 Å². The van der Waals surface area contributed by atoms with E-state index in [1.807, 2.05) is 6.92 Å². The van der Waals surface area contributed by atoms with Crippen molar-refractivity contribution in [1.29, 1.82) is 5.26 Å². The molecule has 0 radical (unpaired) electrons. The maximum atomic E-state index is 12.3. The van der Waals surface area contributed by atoms with Gasteiger partial charge in [0.2, 0.25) is 5.88 Å². The summed E-state index contributed by atoms with van der Waals surface area (Å²) in [6.45, 7) is 1.54. The highest BCUT2D eigenvalue weighted by Gasteiger charge is 2.31. The Balaban J connectivity index is 1.55. The van der Waals surface area contributed by atoms with Crippen LogP contribution in [0.3, 0.4) is 0 Å². The van der Waals surface area contributed by atoms with Crippen molar-refractivity contribution < 1.29 is 19.0 Å². The van der Waals surface area contributed by atoms with Gasteiger partial charge in [-0.05, 0) is 54.4 Å². The number of carbonyl (C=O) groups excluding carboxylic acids is 1. The van der Waals surface area contributed by atoms with Crippen molar-refractivity contribution in [2.75, 3.05) is 6.61 Å². The van der Waals surface area contributed by atoms with Crippen LogP contribution in [0.5, 0.6) is 17.2 Å².